The van der Waals surface area contributed by atoms with Crippen molar-refractivity contribution in [3.63, 3.8) is 0 Å². The normalized spacial score (nSPS) is 13.1. The first-order chi connectivity index (χ1) is 16.7. The van der Waals surface area contributed by atoms with Gasteiger partial charge in [-0.2, -0.15) is 0 Å². The number of aryl methyl sites for hydroxylation is 2. The molecule has 36 heavy (non-hydrogen) atoms. The molecule has 0 bridgehead atoms. The zero-order chi connectivity index (χ0) is 27.2. The molecular formula is C29H41N3O4. The maximum atomic E-state index is 13.8. The van der Waals surface area contributed by atoms with Gasteiger partial charge in [0.15, 0.2) is 0 Å². The third kappa shape index (κ3) is 7.83. The van der Waals surface area contributed by atoms with Crippen molar-refractivity contribution >= 4 is 23.6 Å². The van der Waals surface area contributed by atoms with Gasteiger partial charge in [-0.25, -0.2) is 4.79 Å². The second kappa shape index (κ2) is 12.1. The topological polar surface area (TPSA) is 87.7 Å². The van der Waals surface area contributed by atoms with E-state index in [0.717, 1.165) is 22.3 Å². The smallest absolute Gasteiger partial charge is 0.408 e. The number of hydrogen-bond acceptors (Lipinski definition) is 4. The molecule has 7 heteroatoms. The highest BCUT2D eigenvalue weighted by atomic mass is 16.6. The third-order valence-electron chi connectivity index (χ3n) is 6.02. The molecular weight excluding hydrogens is 454 g/mol. The fourth-order valence-corrected chi connectivity index (χ4v) is 4.03. The van der Waals surface area contributed by atoms with Gasteiger partial charge in [-0.1, -0.05) is 50.2 Å². The minimum absolute atomic E-state index is 0.127. The second-order valence-electron chi connectivity index (χ2n) is 10.8. The van der Waals surface area contributed by atoms with Gasteiger partial charge in [-0.05, 0) is 82.2 Å². The van der Waals surface area contributed by atoms with Gasteiger partial charge < -0.3 is 20.3 Å². The quantitative estimate of drug-likeness (QED) is 0.492. The number of hydrogen-bond donors (Lipinski definition) is 2. The molecule has 7 nitrogen and oxygen atoms in total. The summed E-state index contributed by atoms with van der Waals surface area (Å²) in [5, 5.41) is 5.73. The van der Waals surface area contributed by atoms with Crippen LogP contribution in [0, 0.1) is 26.7 Å². The summed E-state index contributed by atoms with van der Waals surface area (Å²) >= 11 is 0. The molecule has 196 valence electrons. The molecule has 0 radical (unpaired) electrons. The number of anilines is 1. The van der Waals surface area contributed by atoms with Crippen LogP contribution in [-0.4, -0.2) is 41.5 Å². The summed E-state index contributed by atoms with van der Waals surface area (Å²) in [7, 11) is 1.61. The lowest BCUT2D eigenvalue weighted by Gasteiger charge is -2.33. The van der Waals surface area contributed by atoms with Gasteiger partial charge in [0.05, 0.1) is 0 Å². The number of benzene rings is 2. The number of carbonyl (C=O) groups excluding carboxylic acids is 3. The van der Waals surface area contributed by atoms with Gasteiger partial charge in [0, 0.05) is 12.7 Å². The molecule has 2 N–H and O–H groups in total. The molecule has 0 aromatic heterocycles. The largest absolute Gasteiger partial charge is 0.444 e. The van der Waals surface area contributed by atoms with Crippen molar-refractivity contribution in [1.82, 2.24) is 10.2 Å². The molecule has 0 fully saturated rings. The molecule has 2 aromatic carbocycles. The first-order valence-corrected chi connectivity index (χ1v) is 12.4. The highest BCUT2D eigenvalue weighted by molar-refractivity contribution is 5.99. The molecule has 0 aliphatic heterocycles. The van der Waals surface area contributed by atoms with Gasteiger partial charge in [0.1, 0.15) is 17.7 Å². The van der Waals surface area contributed by atoms with Crippen molar-refractivity contribution < 1.29 is 19.1 Å². The fourth-order valence-electron chi connectivity index (χ4n) is 4.03. The number of alkyl carbamates (subject to hydrolysis) is 1. The summed E-state index contributed by atoms with van der Waals surface area (Å²) in [5.74, 6) is -0.558. The van der Waals surface area contributed by atoms with Crippen LogP contribution < -0.4 is 10.6 Å². The Hall–Kier alpha value is -3.35. The Morgan fingerprint density at radius 2 is 1.56 bits per heavy atom. The monoisotopic (exact) mass is 495 g/mol. The summed E-state index contributed by atoms with van der Waals surface area (Å²) < 4.78 is 5.40. The lowest BCUT2D eigenvalue weighted by Crippen LogP contribution is -2.51. The molecule has 0 spiro atoms. The van der Waals surface area contributed by atoms with Crippen LogP contribution in [0.25, 0.3) is 0 Å². The average molecular weight is 496 g/mol. The van der Waals surface area contributed by atoms with E-state index in [-0.39, 0.29) is 17.7 Å². The fraction of sp³-hybridized carbons (Fsp3) is 0.483. The number of ether oxygens (including phenoxy) is 1. The second-order valence-corrected chi connectivity index (χ2v) is 10.8. The molecule has 2 aromatic rings. The third-order valence-corrected chi connectivity index (χ3v) is 6.02. The van der Waals surface area contributed by atoms with Crippen molar-refractivity contribution in [1.29, 1.82) is 0 Å². The van der Waals surface area contributed by atoms with E-state index in [1.165, 1.54) is 4.90 Å². The Balaban J connectivity index is 2.45. The Kier molecular flexibility index (Phi) is 9.68. The summed E-state index contributed by atoms with van der Waals surface area (Å²) in [6.07, 6.45) is -0.260. The van der Waals surface area contributed by atoms with Crippen molar-refractivity contribution in [3.8, 4) is 0 Å². The van der Waals surface area contributed by atoms with Crippen LogP contribution in [-0.2, 0) is 14.3 Å². The van der Waals surface area contributed by atoms with Crippen molar-refractivity contribution in [2.45, 2.75) is 79.5 Å². The molecule has 0 saturated heterocycles. The molecule has 0 aliphatic carbocycles. The molecule has 0 heterocycles. The Morgan fingerprint density at radius 3 is 2.14 bits per heavy atom. The van der Waals surface area contributed by atoms with Gasteiger partial charge in [-0.3, -0.25) is 9.59 Å². The minimum Gasteiger partial charge on any atom is -0.444 e. The van der Waals surface area contributed by atoms with Crippen LogP contribution in [0.5, 0.6) is 0 Å². The number of nitrogens with zero attached hydrogens (tertiary/aromatic N) is 1. The lowest BCUT2D eigenvalue weighted by atomic mass is 9.94. The predicted octanol–water partition coefficient (Wildman–Crippen LogP) is 5.69. The summed E-state index contributed by atoms with van der Waals surface area (Å²) in [6.45, 7) is 15.1. The van der Waals surface area contributed by atoms with Crippen LogP contribution >= 0.6 is 0 Å². The lowest BCUT2D eigenvalue weighted by molar-refractivity contribution is -0.139. The van der Waals surface area contributed by atoms with Gasteiger partial charge >= 0.3 is 6.09 Å². The van der Waals surface area contributed by atoms with E-state index in [9.17, 15) is 14.4 Å². The standard InChI is InChI=1S/C29H41N3O4/c1-18(2)17-24(31-28(35)36-29(6,7)8)27(34)32(9)25(22-15-12-14-19(3)21(22)5)26(33)30-23-16-11-10-13-20(23)4/h10-16,18,24-25H,17H2,1-9H3,(H,30,33)(H,31,35). The van der Waals surface area contributed by atoms with Crippen molar-refractivity contribution in [2.24, 2.45) is 5.92 Å². The van der Waals surface area contributed by atoms with E-state index in [1.807, 2.05) is 77.1 Å². The Morgan fingerprint density at radius 1 is 0.944 bits per heavy atom. The molecule has 2 unspecified atom stereocenters. The maximum absolute atomic E-state index is 13.8. The highest BCUT2D eigenvalue weighted by Gasteiger charge is 2.35. The van der Waals surface area contributed by atoms with Crippen LogP contribution in [0.1, 0.15) is 69.3 Å². The minimum atomic E-state index is -0.896. The van der Waals surface area contributed by atoms with Gasteiger partial charge in [-0.15, -0.1) is 0 Å². The zero-order valence-electron chi connectivity index (χ0n) is 23.1. The highest BCUT2D eigenvalue weighted by Crippen LogP contribution is 2.28. The zero-order valence-corrected chi connectivity index (χ0v) is 23.1. The van der Waals surface area contributed by atoms with Gasteiger partial charge in [0.25, 0.3) is 5.91 Å². The maximum Gasteiger partial charge on any atom is 0.408 e. The van der Waals surface area contributed by atoms with Crippen LogP contribution in [0.15, 0.2) is 42.5 Å². The van der Waals surface area contributed by atoms with E-state index in [1.54, 1.807) is 27.8 Å². The number of likely N-dealkylation sites (N-methyl/N-ethyl adjacent to an activating group) is 1. The number of rotatable bonds is 8. The SMILES string of the molecule is Cc1ccccc1NC(=O)C(c1cccc(C)c1C)N(C)C(=O)C(CC(C)C)NC(=O)OC(C)(C)C. The number of para-hydroxylation sites is 1. The Labute approximate surface area is 215 Å². The summed E-state index contributed by atoms with van der Waals surface area (Å²) in [6, 6.07) is 11.5. The van der Waals surface area contributed by atoms with Gasteiger partial charge in [0.2, 0.25) is 5.91 Å². The summed E-state index contributed by atoms with van der Waals surface area (Å²) in [5.41, 5.74) is 3.59. The molecule has 2 atom stereocenters. The number of amides is 3. The van der Waals surface area contributed by atoms with E-state index >= 15 is 0 Å². The number of carbonyl (C=O) groups is 3. The first-order valence-electron chi connectivity index (χ1n) is 12.4. The van der Waals surface area contributed by atoms with E-state index in [0.29, 0.717) is 12.1 Å². The van der Waals surface area contributed by atoms with E-state index in [4.69, 9.17) is 4.74 Å². The molecule has 2 rings (SSSR count). The van der Waals surface area contributed by atoms with Crippen molar-refractivity contribution in [3.05, 3.63) is 64.7 Å². The number of nitrogens with one attached hydrogen (secondary N) is 2. The predicted molar refractivity (Wildman–Crippen MR) is 144 cm³/mol. The van der Waals surface area contributed by atoms with E-state index < -0.39 is 23.8 Å². The summed E-state index contributed by atoms with van der Waals surface area (Å²) in [4.78, 5) is 41.5. The van der Waals surface area contributed by atoms with Crippen LogP contribution in [0.4, 0.5) is 10.5 Å². The van der Waals surface area contributed by atoms with Crippen molar-refractivity contribution in [2.75, 3.05) is 12.4 Å². The molecule has 0 aliphatic rings. The van der Waals surface area contributed by atoms with E-state index in [2.05, 4.69) is 10.6 Å². The Bertz CT molecular complexity index is 1090. The molecule has 3 amide bonds. The average Bonchev–Trinajstić information content (AvgIpc) is 2.75. The van der Waals surface area contributed by atoms with Crippen LogP contribution in [0.2, 0.25) is 0 Å². The molecule has 0 saturated carbocycles. The van der Waals surface area contributed by atoms with Crippen LogP contribution in [0.3, 0.4) is 0 Å². The first kappa shape index (κ1) is 28.9.